The molecule has 0 N–H and O–H groups in total. The maximum atomic E-state index is 13.7. The van der Waals surface area contributed by atoms with Crippen LogP contribution in [0.25, 0.3) is 0 Å². The number of hydrogen-bond donors (Lipinski definition) is 0. The molecule has 2 atom stereocenters. The molecule has 1 saturated heterocycles. The van der Waals surface area contributed by atoms with Crippen LogP contribution in [0.15, 0.2) is 18.2 Å². The van der Waals surface area contributed by atoms with Crippen molar-refractivity contribution in [2.45, 2.75) is 30.3 Å². The van der Waals surface area contributed by atoms with Gasteiger partial charge in [-0.2, -0.15) is 0 Å². The molecule has 2 rings (SSSR count). The van der Waals surface area contributed by atoms with Gasteiger partial charge in [0.05, 0.1) is 0 Å². The molecule has 0 bridgehead atoms. The van der Waals surface area contributed by atoms with Crippen molar-refractivity contribution in [2.24, 2.45) is 5.92 Å². The summed E-state index contributed by atoms with van der Waals surface area (Å²) < 4.78 is 37.5. The summed E-state index contributed by atoms with van der Waals surface area (Å²) >= 11 is -0.759. The molecule has 1 fully saturated rings. The Morgan fingerprint density at radius 2 is 2.20 bits per heavy atom. The van der Waals surface area contributed by atoms with Gasteiger partial charge in [-0.05, 0) is 0 Å². The van der Waals surface area contributed by atoms with E-state index in [1.165, 1.54) is 12.1 Å². The zero-order chi connectivity index (χ0) is 14.7. The summed E-state index contributed by atoms with van der Waals surface area (Å²) in [4.78, 5) is 11.4. The van der Waals surface area contributed by atoms with Crippen molar-refractivity contribution in [3.8, 4) is 0 Å². The molecule has 20 heavy (non-hydrogen) atoms. The second kappa shape index (κ2) is 6.80. The van der Waals surface area contributed by atoms with Crippen molar-refractivity contribution >= 4 is 5.97 Å². The Balaban J connectivity index is 1.90. The maximum absolute atomic E-state index is 13.7. The van der Waals surface area contributed by atoms with Crippen LogP contribution in [0.1, 0.15) is 31.9 Å². The number of benzene rings is 1. The van der Waals surface area contributed by atoms with Gasteiger partial charge in [0.2, 0.25) is 0 Å². The van der Waals surface area contributed by atoms with Crippen LogP contribution in [0, 0.1) is 17.6 Å². The van der Waals surface area contributed by atoms with Crippen LogP contribution in [0.3, 0.4) is 0 Å². The Kier molecular flexibility index (Phi) is 5.31. The Morgan fingerprint density at radius 3 is 2.85 bits per heavy atom. The number of carbonyl (C=O) groups excluding carboxylic acids is 1. The van der Waals surface area contributed by atoms with Gasteiger partial charge in [0.1, 0.15) is 0 Å². The van der Waals surface area contributed by atoms with Crippen LogP contribution in [0.4, 0.5) is 8.78 Å². The molecule has 0 radical (unpaired) electrons. The summed E-state index contributed by atoms with van der Waals surface area (Å²) in [5, 5.41) is 0. The Bertz CT molecular complexity index is 493. The van der Waals surface area contributed by atoms with E-state index in [2.05, 4.69) is 0 Å². The number of halogens is 3. The minimum absolute atomic E-state index is 0.137. The number of alkyl halides is 1. The van der Waals surface area contributed by atoms with Gasteiger partial charge in [-0.1, -0.05) is 0 Å². The molecule has 1 heterocycles. The summed E-state index contributed by atoms with van der Waals surface area (Å²) in [6.45, 7) is 4.03. The van der Waals surface area contributed by atoms with E-state index < -0.39 is 33.3 Å². The van der Waals surface area contributed by atoms with Gasteiger partial charge in [-0.3, -0.25) is 0 Å². The zero-order valence-corrected chi connectivity index (χ0v) is 13.4. The molecule has 112 valence electrons. The Labute approximate surface area is 127 Å². The molecule has 1 aliphatic rings. The van der Waals surface area contributed by atoms with E-state index in [-0.39, 0.29) is 21.9 Å². The van der Waals surface area contributed by atoms with Gasteiger partial charge in [0.15, 0.2) is 0 Å². The topological polar surface area (TPSA) is 35.5 Å². The van der Waals surface area contributed by atoms with Crippen molar-refractivity contribution in [3.05, 3.63) is 35.4 Å². The van der Waals surface area contributed by atoms with Crippen LogP contribution in [-0.2, 0) is 12.6 Å². The average molecular weight is 397 g/mol. The fourth-order valence-electron chi connectivity index (χ4n) is 1.83. The van der Waals surface area contributed by atoms with Crippen LogP contribution < -0.4 is 21.6 Å². The van der Waals surface area contributed by atoms with Crippen LogP contribution in [0.5, 0.6) is 0 Å². The normalized spacial score (nSPS) is 22.4. The molecule has 1 unspecified atom stereocenters. The van der Waals surface area contributed by atoms with Gasteiger partial charge in [-0.25, -0.2) is 0 Å². The fraction of sp³-hybridized carbons (Fsp3) is 0.500. The van der Waals surface area contributed by atoms with Crippen molar-refractivity contribution in [1.29, 1.82) is 0 Å². The minimum atomic E-state index is -0.759. The van der Waals surface area contributed by atoms with Crippen LogP contribution >= 0.6 is 0 Å². The first kappa shape index (κ1) is 15.6. The molecule has 1 aromatic rings. The summed E-state index contributed by atoms with van der Waals surface area (Å²) in [6, 6.07) is 3.50. The van der Waals surface area contributed by atoms with Crippen LogP contribution in [-0.4, -0.2) is 16.5 Å². The standard InChI is InChI=1S/C14H16F2IO3/c1-8(2)14(18)20-17-10-6-13(19-7-10)11-4-3-9(15)5-12(11)16/h3-5,8,10,13H,6-7H2,1-2H3/q-1/t10-,13?/m0/s1. The van der Waals surface area contributed by atoms with E-state index in [1.807, 2.05) is 0 Å². The van der Waals surface area contributed by atoms with E-state index in [0.717, 1.165) is 6.07 Å². The second-order valence-electron chi connectivity index (χ2n) is 4.96. The van der Waals surface area contributed by atoms with Gasteiger partial charge < -0.3 is 0 Å². The second-order valence-corrected chi connectivity index (χ2v) is 7.67. The predicted molar refractivity (Wildman–Crippen MR) is 64.4 cm³/mol. The number of ether oxygens (including phenoxy) is 1. The van der Waals surface area contributed by atoms with Gasteiger partial charge in [0.25, 0.3) is 0 Å². The first-order chi connectivity index (χ1) is 9.47. The number of hydrogen-bond acceptors (Lipinski definition) is 3. The van der Waals surface area contributed by atoms with E-state index in [4.69, 9.17) is 7.80 Å². The third-order valence-electron chi connectivity index (χ3n) is 2.98. The third kappa shape index (κ3) is 3.88. The number of carbonyl (C=O) groups is 1. The zero-order valence-electron chi connectivity index (χ0n) is 11.2. The molecule has 0 aliphatic carbocycles. The van der Waals surface area contributed by atoms with E-state index in [1.54, 1.807) is 13.8 Å². The van der Waals surface area contributed by atoms with Crippen molar-refractivity contribution in [1.82, 2.24) is 0 Å². The predicted octanol–water partition coefficient (Wildman–Crippen LogP) is -0.00200. The molecule has 1 aliphatic heterocycles. The molecule has 0 amide bonds. The first-order valence-electron chi connectivity index (χ1n) is 6.38. The summed E-state index contributed by atoms with van der Waals surface area (Å²) in [5.74, 6) is -1.52. The summed E-state index contributed by atoms with van der Waals surface area (Å²) in [6.07, 6.45) is 0.236. The summed E-state index contributed by atoms with van der Waals surface area (Å²) in [7, 11) is 0. The molecule has 0 spiro atoms. The number of rotatable bonds is 4. The molecule has 6 heteroatoms. The Morgan fingerprint density at radius 1 is 1.45 bits per heavy atom. The fourth-order valence-corrected chi connectivity index (χ4v) is 3.97. The van der Waals surface area contributed by atoms with Crippen molar-refractivity contribution in [3.63, 3.8) is 0 Å². The third-order valence-corrected chi connectivity index (χ3v) is 5.25. The first-order valence-corrected chi connectivity index (χ1v) is 8.50. The van der Waals surface area contributed by atoms with E-state index in [0.29, 0.717) is 18.6 Å². The SMILES string of the molecule is CC(C)C(=O)O[I-][C@@H]1COC(c2ccc(F)cc2F)C1. The van der Waals surface area contributed by atoms with Gasteiger partial charge in [0, 0.05) is 0 Å². The molecular weight excluding hydrogens is 381 g/mol. The molecular formula is C14H16F2IO3-. The van der Waals surface area contributed by atoms with E-state index >= 15 is 0 Å². The van der Waals surface area contributed by atoms with Crippen molar-refractivity contribution in [2.75, 3.05) is 6.61 Å². The summed E-state index contributed by atoms with van der Waals surface area (Å²) in [5.41, 5.74) is 0.369. The van der Waals surface area contributed by atoms with Gasteiger partial charge >= 0.3 is 127 Å². The molecule has 0 saturated carbocycles. The molecule has 0 aromatic heterocycles. The van der Waals surface area contributed by atoms with E-state index in [9.17, 15) is 13.6 Å². The van der Waals surface area contributed by atoms with Crippen molar-refractivity contribution < 1.29 is 43.0 Å². The Hall–Kier alpha value is -0.760. The molecule has 3 nitrogen and oxygen atoms in total. The quantitative estimate of drug-likeness (QED) is 0.530. The monoisotopic (exact) mass is 397 g/mol. The van der Waals surface area contributed by atoms with Gasteiger partial charge in [-0.15, -0.1) is 0 Å². The average Bonchev–Trinajstić information content (AvgIpc) is 2.84. The van der Waals surface area contributed by atoms with Crippen LogP contribution in [0.2, 0.25) is 0 Å². The molecule has 1 aromatic carbocycles.